The number of nitrogens with one attached hydrogen (secondary N) is 2. The number of fused-ring (bicyclic) bond motifs is 1. The number of ether oxygens (including phenoxy) is 2. The maximum absolute atomic E-state index is 13.6. The number of hydrogen-bond donors (Lipinski definition) is 3. The first-order valence-electron chi connectivity index (χ1n) is 13.6. The topological polar surface area (TPSA) is 109 Å². The third kappa shape index (κ3) is 5.62. The highest BCUT2D eigenvalue weighted by Crippen LogP contribution is 2.36. The maximum Gasteiger partial charge on any atom is 0.256 e. The van der Waals surface area contributed by atoms with Crippen molar-refractivity contribution >= 4 is 16.8 Å². The molecular formula is C30H42N4O5. The van der Waals surface area contributed by atoms with Gasteiger partial charge in [-0.3, -0.25) is 14.5 Å². The van der Waals surface area contributed by atoms with E-state index in [2.05, 4.69) is 32.8 Å². The van der Waals surface area contributed by atoms with Gasteiger partial charge in [-0.15, -0.1) is 0 Å². The van der Waals surface area contributed by atoms with E-state index in [9.17, 15) is 14.7 Å². The summed E-state index contributed by atoms with van der Waals surface area (Å²) < 4.78 is 13.2. The average molecular weight is 539 g/mol. The van der Waals surface area contributed by atoms with E-state index < -0.39 is 11.8 Å². The molecule has 212 valence electrons. The van der Waals surface area contributed by atoms with Crippen LogP contribution in [0.4, 0.5) is 0 Å². The first kappa shape index (κ1) is 28.9. The van der Waals surface area contributed by atoms with Gasteiger partial charge in [0.1, 0.15) is 17.6 Å². The highest BCUT2D eigenvalue weighted by atomic mass is 16.5. The minimum absolute atomic E-state index is 0.0602. The number of H-pyrrole nitrogens is 1. The summed E-state index contributed by atoms with van der Waals surface area (Å²) in [5.74, 6) is 0.617. The Labute approximate surface area is 230 Å². The van der Waals surface area contributed by atoms with Crippen LogP contribution in [0.25, 0.3) is 10.9 Å². The van der Waals surface area contributed by atoms with Crippen molar-refractivity contribution in [1.29, 1.82) is 0 Å². The van der Waals surface area contributed by atoms with Crippen LogP contribution in [0.5, 0.6) is 5.75 Å². The van der Waals surface area contributed by atoms with Crippen LogP contribution in [0.3, 0.4) is 0 Å². The van der Waals surface area contributed by atoms with Crippen LogP contribution >= 0.6 is 0 Å². The number of aliphatic hydroxyl groups excluding tert-OH is 1. The van der Waals surface area contributed by atoms with Gasteiger partial charge in [-0.05, 0) is 65.5 Å². The van der Waals surface area contributed by atoms with Gasteiger partial charge in [0.25, 0.3) is 11.5 Å². The summed E-state index contributed by atoms with van der Waals surface area (Å²) in [5.41, 5.74) is 2.70. The molecular weight excluding hydrogens is 496 g/mol. The summed E-state index contributed by atoms with van der Waals surface area (Å²) in [6.07, 6.45) is 1.20. The number of pyridine rings is 1. The van der Waals surface area contributed by atoms with E-state index in [0.717, 1.165) is 42.5 Å². The number of benzene rings is 1. The average Bonchev–Trinajstić information content (AvgIpc) is 3.22. The van der Waals surface area contributed by atoms with E-state index in [1.165, 1.54) is 7.11 Å². The summed E-state index contributed by atoms with van der Waals surface area (Å²) in [4.78, 5) is 31.0. The molecule has 2 unspecified atom stereocenters. The van der Waals surface area contributed by atoms with E-state index in [-0.39, 0.29) is 24.1 Å². The molecule has 9 heteroatoms. The number of carbonyl (C=O) groups excluding carboxylic acids is 1. The number of aliphatic hydroxyl groups is 1. The number of methoxy groups -OCH3 is 2. The van der Waals surface area contributed by atoms with Crippen molar-refractivity contribution in [2.75, 3.05) is 27.3 Å². The van der Waals surface area contributed by atoms with Crippen molar-refractivity contribution < 1.29 is 19.4 Å². The van der Waals surface area contributed by atoms with Gasteiger partial charge in [0, 0.05) is 48.5 Å². The van der Waals surface area contributed by atoms with Crippen molar-refractivity contribution in [3.05, 3.63) is 63.2 Å². The predicted molar refractivity (Wildman–Crippen MR) is 152 cm³/mol. The molecule has 1 aromatic carbocycles. The van der Waals surface area contributed by atoms with Gasteiger partial charge >= 0.3 is 0 Å². The highest BCUT2D eigenvalue weighted by Gasteiger charge is 2.36. The fourth-order valence-electron chi connectivity index (χ4n) is 5.90. The van der Waals surface area contributed by atoms with Gasteiger partial charge in [0.15, 0.2) is 0 Å². The monoisotopic (exact) mass is 538 g/mol. The number of likely N-dealkylation sites (tertiary alicyclic amines) is 1. The van der Waals surface area contributed by atoms with Crippen LogP contribution in [0.2, 0.25) is 0 Å². The lowest BCUT2D eigenvalue weighted by atomic mass is 9.89. The first-order valence-corrected chi connectivity index (χ1v) is 13.6. The number of carbonyl (C=O) groups is 1. The molecule has 2 atom stereocenters. The minimum Gasteiger partial charge on any atom is -0.496 e. The number of piperidine rings is 1. The Bertz CT molecular complexity index is 1380. The number of nitrogens with zero attached hydrogens (tertiary/aromatic N) is 2. The first-order chi connectivity index (χ1) is 18.5. The molecule has 3 aromatic rings. The predicted octanol–water partition coefficient (Wildman–Crippen LogP) is 3.90. The van der Waals surface area contributed by atoms with E-state index in [1.807, 2.05) is 39.0 Å². The number of aryl methyl sites for hydroxylation is 1. The molecule has 1 saturated heterocycles. The lowest BCUT2D eigenvalue weighted by Gasteiger charge is -2.42. The van der Waals surface area contributed by atoms with E-state index in [1.54, 1.807) is 20.1 Å². The second-order valence-corrected chi connectivity index (χ2v) is 11.2. The number of amides is 1. The van der Waals surface area contributed by atoms with Crippen molar-refractivity contribution in [2.45, 2.75) is 71.9 Å². The maximum atomic E-state index is 13.6. The summed E-state index contributed by atoms with van der Waals surface area (Å²) in [5, 5.41) is 14.7. The molecule has 1 amide bonds. The Hall–Kier alpha value is -3.14. The molecule has 0 spiro atoms. The van der Waals surface area contributed by atoms with Crippen LogP contribution < -0.4 is 15.6 Å². The van der Waals surface area contributed by atoms with Gasteiger partial charge in [-0.1, -0.05) is 18.2 Å². The number of hydrogen-bond acceptors (Lipinski definition) is 6. The normalized spacial score (nSPS) is 16.8. The van der Waals surface area contributed by atoms with E-state index in [0.29, 0.717) is 28.5 Å². The molecule has 1 aliphatic heterocycles. The number of aromatic nitrogens is 2. The van der Waals surface area contributed by atoms with Gasteiger partial charge in [-0.25, -0.2) is 0 Å². The quantitative estimate of drug-likeness (QED) is 0.381. The van der Waals surface area contributed by atoms with Crippen LogP contribution in [0.1, 0.15) is 67.0 Å². The largest absolute Gasteiger partial charge is 0.496 e. The fraction of sp³-hybridized carbons (Fsp3) is 0.533. The fourth-order valence-corrected chi connectivity index (χ4v) is 5.90. The van der Waals surface area contributed by atoms with Crippen molar-refractivity contribution in [3.8, 4) is 5.75 Å². The SMILES string of the molecule is COc1cc(C)[nH]c(=O)c1CNC(=O)c1c(C)n(C(C)C2CCN(C(O)C(C)(C)OC)CC2)c2ccccc12. The standard InChI is InChI=1S/C30H42N4O5/c1-18-16-25(38-6)23(27(35)32-18)17-31-28(36)26-20(3)34(24-11-9-8-10-22(24)26)19(2)21-12-14-33(15-13-21)29(37)30(4,5)39-7/h8-11,16,19,21,29,37H,12-15,17H2,1-7H3,(H,31,36)(H,32,35). The number of aromatic amines is 1. The molecule has 2 aromatic heterocycles. The molecule has 1 fully saturated rings. The van der Waals surface area contributed by atoms with Crippen molar-refractivity contribution in [1.82, 2.24) is 19.8 Å². The molecule has 0 aliphatic carbocycles. The third-order valence-electron chi connectivity index (χ3n) is 8.42. The Morgan fingerprint density at radius 3 is 2.51 bits per heavy atom. The Morgan fingerprint density at radius 1 is 1.21 bits per heavy atom. The molecule has 39 heavy (non-hydrogen) atoms. The lowest BCUT2D eigenvalue weighted by Crippen LogP contribution is -2.53. The smallest absolute Gasteiger partial charge is 0.256 e. The van der Waals surface area contributed by atoms with Crippen LogP contribution in [-0.2, 0) is 11.3 Å². The minimum atomic E-state index is -0.664. The van der Waals surface area contributed by atoms with Crippen LogP contribution in [0.15, 0.2) is 35.1 Å². The molecule has 0 radical (unpaired) electrons. The van der Waals surface area contributed by atoms with E-state index >= 15 is 0 Å². The molecule has 0 bridgehead atoms. The van der Waals surface area contributed by atoms with Gasteiger partial charge in [0.2, 0.25) is 0 Å². The Morgan fingerprint density at radius 2 is 1.87 bits per heavy atom. The zero-order valence-electron chi connectivity index (χ0n) is 24.1. The summed E-state index contributed by atoms with van der Waals surface area (Å²) in [7, 11) is 3.14. The number of para-hydroxylation sites is 1. The van der Waals surface area contributed by atoms with Gasteiger partial charge in [0.05, 0.1) is 24.8 Å². The summed E-state index contributed by atoms with van der Waals surface area (Å²) in [6, 6.07) is 9.89. The summed E-state index contributed by atoms with van der Waals surface area (Å²) >= 11 is 0. The summed E-state index contributed by atoms with van der Waals surface area (Å²) in [6.45, 7) is 11.4. The molecule has 3 N–H and O–H groups in total. The zero-order valence-corrected chi connectivity index (χ0v) is 24.1. The molecule has 4 rings (SSSR count). The van der Waals surface area contributed by atoms with Gasteiger partial charge < -0.3 is 29.4 Å². The van der Waals surface area contributed by atoms with Crippen molar-refractivity contribution in [2.24, 2.45) is 5.92 Å². The van der Waals surface area contributed by atoms with E-state index in [4.69, 9.17) is 9.47 Å². The zero-order chi connectivity index (χ0) is 28.5. The Kier molecular flexibility index (Phi) is 8.54. The lowest BCUT2D eigenvalue weighted by molar-refractivity contribution is -0.155. The third-order valence-corrected chi connectivity index (χ3v) is 8.42. The van der Waals surface area contributed by atoms with Crippen LogP contribution in [0, 0.1) is 19.8 Å². The molecule has 9 nitrogen and oxygen atoms in total. The molecule has 3 heterocycles. The van der Waals surface area contributed by atoms with Crippen molar-refractivity contribution in [3.63, 3.8) is 0 Å². The van der Waals surface area contributed by atoms with Crippen LogP contribution in [-0.4, -0.2) is 64.6 Å². The second kappa shape index (κ2) is 11.5. The second-order valence-electron chi connectivity index (χ2n) is 11.2. The molecule has 1 aliphatic rings. The van der Waals surface area contributed by atoms with Gasteiger partial charge in [-0.2, -0.15) is 0 Å². The number of rotatable bonds is 9. The Balaban J connectivity index is 1.57. The highest BCUT2D eigenvalue weighted by molar-refractivity contribution is 6.08. The molecule has 0 saturated carbocycles.